The molecule has 0 unspecified atom stereocenters. The van der Waals surface area contributed by atoms with Gasteiger partial charge in [0, 0.05) is 18.1 Å². The second-order valence-electron chi connectivity index (χ2n) is 7.13. The van der Waals surface area contributed by atoms with E-state index in [4.69, 9.17) is 16.3 Å². The van der Waals surface area contributed by atoms with E-state index in [0.717, 1.165) is 11.1 Å². The Morgan fingerprint density at radius 1 is 0.903 bits per heavy atom. The van der Waals surface area contributed by atoms with Gasteiger partial charge in [-0.25, -0.2) is 0 Å². The first-order valence-electron chi connectivity index (χ1n) is 10.1. The maximum Gasteiger partial charge on any atom is 0.261 e. The molecule has 0 aliphatic rings. The molecule has 0 fully saturated rings. The van der Waals surface area contributed by atoms with Crippen molar-refractivity contribution in [1.82, 2.24) is 10.2 Å². The largest absolute Gasteiger partial charge is 0.484 e. The third-order valence-electron chi connectivity index (χ3n) is 4.85. The van der Waals surface area contributed by atoms with E-state index < -0.39 is 6.04 Å². The Balaban J connectivity index is 1.69. The summed E-state index contributed by atoms with van der Waals surface area (Å²) in [5.41, 5.74) is 1.87. The van der Waals surface area contributed by atoms with Crippen molar-refractivity contribution < 1.29 is 14.3 Å². The highest BCUT2D eigenvalue weighted by molar-refractivity contribution is 6.30. The van der Waals surface area contributed by atoms with Gasteiger partial charge in [0.25, 0.3) is 5.91 Å². The molecule has 5 nitrogen and oxygen atoms in total. The van der Waals surface area contributed by atoms with Gasteiger partial charge < -0.3 is 15.0 Å². The van der Waals surface area contributed by atoms with Gasteiger partial charge in [0.2, 0.25) is 5.91 Å². The van der Waals surface area contributed by atoms with Gasteiger partial charge in [-0.15, -0.1) is 0 Å². The summed E-state index contributed by atoms with van der Waals surface area (Å²) in [7, 11) is 0. The predicted octanol–water partition coefficient (Wildman–Crippen LogP) is 4.45. The van der Waals surface area contributed by atoms with E-state index in [1.807, 2.05) is 60.7 Å². The first kappa shape index (κ1) is 22.4. The molecule has 0 saturated carbocycles. The third-order valence-corrected chi connectivity index (χ3v) is 5.10. The first-order valence-corrected chi connectivity index (χ1v) is 10.4. The number of amides is 2. The summed E-state index contributed by atoms with van der Waals surface area (Å²) in [4.78, 5) is 27.3. The van der Waals surface area contributed by atoms with Crippen LogP contribution in [0.3, 0.4) is 0 Å². The van der Waals surface area contributed by atoms with E-state index in [9.17, 15) is 9.59 Å². The topological polar surface area (TPSA) is 58.6 Å². The summed E-state index contributed by atoms with van der Waals surface area (Å²) < 4.78 is 5.62. The summed E-state index contributed by atoms with van der Waals surface area (Å²) in [6.45, 7) is 2.23. The summed E-state index contributed by atoms with van der Waals surface area (Å²) in [6, 6.07) is 25.3. The predicted molar refractivity (Wildman–Crippen MR) is 122 cm³/mol. The van der Waals surface area contributed by atoms with Gasteiger partial charge in [-0.3, -0.25) is 9.59 Å². The molecule has 160 valence electrons. The second kappa shape index (κ2) is 11.2. The van der Waals surface area contributed by atoms with Gasteiger partial charge in [-0.1, -0.05) is 72.3 Å². The summed E-state index contributed by atoms with van der Waals surface area (Å²) in [6.07, 6.45) is 0. The minimum absolute atomic E-state index is 0.159. The molecule has 31 heavy (non-hydrogen) atoms. The van der Waals surface area contributed by atoms with Crippen molar-refractivity contribution >= 4 is 23.4 Å². The van der Waals surface area contributed by atoms with Crippen molar-refractivity contribution in [3.63, 3.8) is 0 Å². The molecule has 0 aliphatic heterocycles. The van der Waals surface area contributed by atoms with E-state index in [-0.39, 0.29) is 25.0 Å². The van der Waals surface area contributed by atoms with Gasteiger partial charge in [0.05, 0.1) is 0 Å². The Kier molecular flexibility index (Phi) is 8.07. The van der Waals surface area contributed by atoms with Crippen molar-refractivity contribution in [1.29, 1.82) is 0 Å². The lowest BCUT2D eigenvalue weighted by molar-refractivity contribution is -0.142. The number of halogens is 1. The minimum Gasteiger partial charge on any atom is -0.484 e. The zero-order chi connectivity index (χ0) is 22.1. The Labute approximate surface area is 187 Å². The normalized spacial score (nSPS) is 11.4. The molecule has 0 bridgehead atoms. The lowest BCUT2D eigenvalue weighted by Gasteiger charge is -2.28. The minimum atomic E-state index is -0.675. The van der Waals surface area contributed by atoms with Crippen LogP contribution in [0.25, 0.3) is 0 Å². The lowest BCUT2D eigenvalue weighted by Crippen LogP contribution is -2.48. The fourth-order valence-electron chi connectivity index (χ4n) is 3.05. The van der Waals surface area contributed by atoms with Crippen molar-refractivity contribution in [3.05, 3.63) is 101 Å². The molecule has 3 rings (SSSR count). The fourth-order valence-corrected chi connectivity index (χ4v) is 3.17. The number of para-hydroxylation sites is 1. The van der Waals surface area contributed by atoms with Gasteiger partial charge in [0.1, 0.15) is 11.8 Å². The summed E-state index contributed by atoms with van der Waals surface area (Å²) >= 11 is 5.98. The maximum absolute atomic E-state index is 13.0. The Hall–Kier alpha value is -3.31. The van der Waals surface area contributed by atoms with Crippen molar-refractivity contribution in [2.75, 3.05) is 6.61 Å². The summed E-state index contributed by atoms with van der Waals surface area (Å²) in [5, 5.41) is 3.52. The molecule has 0 saturated heterocycles. The number of carbonyl (C=O) groups excluding carboxylic acids is 2. The van der Waals surface area contributed by atoms with Crippen LogP contribution < -0.4 is 10.1 Å². The van der Waals surface area contributed by atoms with Crippen LogP contribution in [0.15, 0.2) is 84.9 Å². The van der Waals surface area contributed by atoms with Crippen LogP contribution in [0.5, 0.6) is 5.75 Å². The average Bonchev–Trinajstić information content (AvgIpc) is 2.81. The zero-order valence-electron chi connectivity index (χ0n) is 17.3. The Bertz CT molecular complexity index is 979. The van der Waals surface area contributed by atoms with Gasteiger partial charge in [0.15, 0.2) is 6.61 Å². The monoisotopic (exact) mass is 436 g/mol. The SMILES string of the molecule is C[C@H](C(=O)NCc1ccccc1)N(Cc1ccc(Cl)cc1)C(=O)COc1ccccc1. The number of rotatable bonds is 9. The molecule has 0 spiro atoms. The molecule has 0 heterocycles. The number of benzene rings is 3. The van der Waals surface area contributed by atoms with Gasteiger partial charge in [-0.2, -0.15) is 0 Å². The molecule has 0 radical (unpaired) electrons. The van der Waals surface area contributed by atoms with E-state index in [1.54, 1.807) is 31.2 Å². The maximum atomic E-state index is 13.0. The van der Waals surface area contributed by atoms with E-state index >= 15 is 0 Å². The molecule has 2 amide bonds. The molecule has 1 atom stereocenters. The lowest BCUT2D eigenvalue weighted by atomic mass is 10.1. The van der Waals surface area contributed by atoms with Crippen molar-refractivity contribution in [3.8, 4) is 5.75 Å². The van der Waals surface area contributed by atoms with Crippen molar-refractivity contribution in [2.45, 2.75) is 26.1 Å². The molecule has 0 aromatic heterocycles. The Morgan fingerprint density at radius 3 is 2.16 bits per heavy atom. The highest BCUT2D eigenvalue weighted by Gasteiger charge is 2.26. The van der Waals surface area contributed by atoms with Crippen LogP contribution in [-0.4, -0.2) is 29.4 Å². The van der Waals surface area contributed by atoms with E-state index in [0.29, 0.717) is 17.3 Å². The quantitative estimate of drug-likeness (QED) is 0.539. The van der Waals surface area contributed by atoms with Crippen LogP contribution in [0.1, 0.15) is 18.1 Å². The van der Waals surface area contributed by atoms with Gasteiger partial charge >= 0.3 is 0 Å². The molecular formula is C25H25ClN2O3. The van der Waals surface area contributed by atoms with Crippen LogP contribution in [0.4, 0.5) is 0 Å². The highest BCUT2D eigenvalue weighted by atomic mass is 35.5. The number of hydrogen-bond donors (Lipinski definition) is 1. The second-order valence-corrected chi connectivity index (χ2v) is 7.57. The van der Waals surface area contributed by atoms with Crippen LogP contribution in [0.2, 0.25) is 5.02 Å². The first-order chi connectivity index (χ1) is 15.0. The molecule has 1 N–H and O–H groups in total. The highest BCUT2D eigenvalue weighted by Crippen LogP contribution is 2.15. The standard InChI is InChI=1S/C25H25ClN2O3/c1-19(25(30)27-16-20-8-4-2-5-9-20)28(17-21-12-14-22(26)15-13-21)24(29)18-31-23-10-6-3-7-11-23/h2-15,19H,16-18H2,1H3,(H,27,30)/t19-/m1/s1. The molecule has 3 aromatic carbocycles. The molecule has 0 aliphatic carbocycles. The fraction of sp³-hybridized carbons (Fsp3) is 0.200. The van der Waals surface area contributed by atoms with Crippen molar-refractivity contribution in [2.24, 2.45) is 0 Å². The number of hydrogen-bond acceptors (Lipinski definition) is 3. The van der Waals surface area contributed by atoms with Crippen LogP contribution in [0, 0.1) is 0 Å². The molecular weight excluding hydrogens is 412 g/mol. The van der Waals surface area contributed by atoms with E-state index in [1.165, 1.54) is 4.90 Å². The number of ether oxygens (including phenoxy) is 1. The summed E-state index contributed by atoms with van der Waals surface area (Å²) in [5.74, 6) is 0.0931. The van der Waals surface area contributed by atoms with Crippen LogP contribution >= 0.6 is 11.6 Å². The third kappa shape index (κ3) is 6.86. The molecule has 6 heteroatoms. The zero-order valence-corrected chi connectivity index (χ0v) is 18.1. The molecule has 3 aromatic rings. The Morgan fingerprint density at radius 2 is 1.52 bits per heavy atom. The number of nitrogens with zero attached hydrogens (tertiary/aromatic N) is 1. The van der Waals surface area contributed by atoms with Gasteiger partial charge in [-0.05, 0) is 42.3 Å². The van der Waals surface area contributed by atoms with Crippen LogP contribution in [-0.2, 0) is 22.7 Å². The smallest absolute Gasteiger partial charge is 0.261 e. The average molecular weight is 437 g/mol. The number of nitrogens with one attached hydrogen (secondary N) is 1. The van der Waals surface area contributed by atoms with E-state index in [2.05, 4.69) is 5.32 Å². The number of carbonyl (C=O) groups is 2.